The number of hydrogen-bond donors (Lipinski definition) is 0. The maximum Gasteiger partial charge on any atom is 0.273 e. The fraction of sp³-hybridized carbons (Fsp3) is 0.250. The summed E-state index contributed by atoms with van der Waals surface area (Å²) in [6.07, 6.45) is 0. The monoisotopic (exact) mass is 349 g/mol. The van der Waals surface area contributed by atoms with Crippen molar-refractivity contribution in [3.8, 4) is 11.5 Å². The van der Waals surface area contributed by atoms with Gasteiger partial charge in [0.05, 0.1) is 4.92 Å². The second-order valence-corrected chi connectivity index (χ2v) is 5.54. The zero-order valence-electron chi connectivity index (χ0n) is 11.9. The van der Waals surface area contributed by atoms with Crippen molar-refractivity contribution < 1.29 is 9.66 Å². The first-order valence-electron chi connectivity index (χ1n) is 6.63. The molecule has 2 aromatic carbocycles. The zero-order valence-corrected chi connectivity index (χ0v) is 13.5. The van der Waals surface area contributed by atoms with E-state index in [-0.39, 0.29) is 10.6 Å². The molecule has 0 aliphatic rings. The highest BCUT2D eigenvalue weighted by Gasteiger charge is 2.15. The molecule has 0 aliphatic carbocycles. The van der Waals surface area contributed by atoms with Crippen LogP contribution in [0.4, 0.5) is 5.69 Å². The van der Waals surface area contributed by atoms with E-state index in [4.69, 9.17) is 4.74 Å². The van der Waals surface area contributed by atoms with Gasteiger partial charge in [0, 0.05) is 17.0 Å². The van der Waals surface area contributed by atoms with Crippen molar-refractivity contribution in [3.05, 3.63) is 63.7 Å². The number of nitrogens with zero attached hydrogens (tertiary/aromatic N) is 1. The van der Waals surface area contributed by atoms with Gasteiger partial charge >= 0.3 is 0 Å². The Balaban J connectivity index is 2.35. The molecular formula is C16H16BrNO3. The molecule has 0 unspecified atom stereocenters. The number of nitro groups is 1. The van der Waals surface area contributed by atoms with Gasteiger partial charge in [-0.1, -0.05) is 48.0 Å². The zero-order chi connectivity index (χ0) is 15.4. The highest BCUT2D eigenvalue weighted by molar-refractivity contribution is 9.08. The minimum absolute atomic E-state index is 0.0939. The van der Waals surface area contributed by atoms with Gasteiger partial charge in [-0.15, -0.1) is 0 Å². The molecule has 0 heterocycles. The van der Waals surface area contributed by atoms with Gasteiger partial charge in [-0.2, -0.15) is 0 Å². The molecule has 21 heavy (non-hydrogen) atoms. The normalized spacial score (nSPS) is 10.7. The van der Waals surface area contributed by atoms with E-state index >= 15 is 0 Å². The predicted octanol–water partition coefficient (Wildman–Crippen LogP) is 5.41. The van der Waals surface area contributed by atoms with Crippen molar-refractivity contribution in [2.24, 2.45) is 0 Å². The summed E-state index contributed by atoms with van der Waals surface area (Å²) >= 11 is 3.27. The lowest BCUT2D eigenvalue weighted by molar-refractivity contribution is -0.385. The lowest BCUT2D eigenvalue weighted by Crippen LogP contribution is -1.96. The molecule has 5 heteroatoms. The number of benzene rings is 2. The summed E-state index contributed by atoms with van der Waals surface area (Å²) in [5.41, 5.74) is 1.80. The number of hydrogen-bond acceptors (Lipinski definition) is 3. The third-order valence-corrected chi connectivity index (χ3v) is 3.76. The molecule has 0 bridgehead atoms. The highest BCUT2D eigenvalue weighted by atomic mass is 79.9. The van der Waals surface area contributed by atoms with Gasteiger partial charge in [0.25, 0.3) is 5.69 Å². The van der Waals surface area contributed by atoms with Crippen molar-refractivity contribution in [1.29, 1.82) is 0 Å². The molecule has 0 saturated heterocycles. The first-order valence-corrected chi connectivity index (χ1v) is 7.75. The molecule has 0 amide bonds. The van der Waals surface area contributed by atoms with E-state index in [1.54, 1.807) is 12.1 Å². The molecule has 0 radical (unpaired) electrons. The van der Waals surface area contributed by atoms with Gasteiger partial charge in [0.1, 0.15) is 11.5 Å². The molecule has 0 aliphatic heterocycles. The van der Waals surface area contributed by atoms with Gasteiger partial charge in [-0.3, -0.25) is 10.1 Å². The van der Waals surface area contributed by atoms with Crippen LogP contribution in [0.25, 0.3) is 0 Å². The van der Waals surface area contributed by atoms with Crippen LogP contribution in [0.15, 0.2) is 42.5 Å². The van der Waals surface area contributed by atoms with E-state index in [1.807, 2.05) is 24.3 Å². The van der Waals surface area contributed by atoms with Crippen LogP contribution in [-0.4, -0.2) is 4.92 Å². The molecule has 2 rings (SSSR count). The standard InChI is InChI=1S/C16H16BrNO3/c1-11(2)14-5-3-4-6-16(14)21-13-7-8-15(18(19)20)12(9-13)10-17/h3-9,11H,10H2,1-2H3. The molecule has 0 spiro atoms. The van der Waals surface area contributed by atoms with Crippen LogP contribution in [0, 0.1) is 10.1 Å². The second kappa shape index (κ2) is 6.72. The Bertz CT molecular complexity index is 656. The van der Waals surface area contributed by atoms with E-state index in [2.05, 4.69) is 29.8 Å². The molecule has 0 fully saturated rings. The van der Waals surface area contributed by atoms with Crippen LogP contribution < -0.4 is 4.74 Å². The van der Waals surface area contributed by atoms with E-state index in [1.165, 1.54) is 6.07 Å². The fourth-order valence-electron chi connectivity index (χ4n) is 2.09. The van der Waals surface area contributed by atoms with E-state index in [0.717, 1.165) is 11.3 Å². The Morgan fingerprint density at radius 1 is 1.24 bits per heavy atom. The topological polar surface area (TPSA) is 52.4 Å². The molecule has 0 N–H and O–H groups in total. The minimum Gasteiger partial charge on any atom is -0.457 e. The van der Waals surface area contributed by atoms with E-state index in [9.17, 15) is 10.1 Å². The van der Waals surface area contributed by atoms with Gasteiger partial charge < -0.3 is 4.74 Å². The van der Waals surface area contributed by atoms with Crippen LogP contribution in [-0.2, 0) is 5.33 Å². The second-order valence-electron chi connectivity index (χ2n) is 4.98. The predicted molar refractivity (Wildman–Crippen MR) is 86.3 cm³/mol. The van der Waals surface area contributed by atoms with E-state index < -0.39 is 0 Å². The number of para-hydroxylation sites is 1. The molecule has 0 atom stereocenters. The quantitative estimate of drug-likeness (QED) is 0.412. The van der Waals surface area contributed by atoms with Crippen LogP contribution in [0.3, 0.4) is 0 Å². The Morgan fingerprint density at radius 3 is 2.57 bits per heavy atom. The van der Waals surface area contributed by atoms with Crippen molar-refractivity contribution in [3.63, 3.8) is 0 Å². The van der Waals surface area contributed by atoms with Crippen LogP contribution in [0.1, 0.15) is 30.9 Å². The fourth-order valence-corrected chi connectivity index (χ4v) is 2.54. The summed E-state index contributed by atoms with van der Waals surface area (Å²) in [4.78, 5) is 10.6. The first-order chi connectivity index (χ1) is 10.0. The smallest absolute Gasteiger partial charge is 0.273 e. The summed E-state index contributed by atoms with van der Waals surface area (Å²) < 4.78 is 5.90. The first kappa shape index (κ1) is 15.5. The Labute approximate surface area is 132 Å². The summed E-state index contributed by atoms with van der Waals surface area (Å²) in [7, 11) is 0. The van der Waals surface area contributed by atoms with Gasteiger partial charge in [-0.05, 0) is 29.7 Å². The van der Waals surface area contributed by atoms with Crippen LogP contribution >= 0.6 is 15.9 Å². The average Bonchev–Trinajstić information content (AvgIpc) is 2.47. The lowest BCUT2D eigenvalue weighted by atomic mass is 10.0. The van der Waals surface area contributed by atoms with Crippen molar-refractivity contribution in [1.82, 2.24) is 0 Å². The Morgan fingerprint density at radius 2 is 1.95 bits per heavy atom. The van der Waals surface area contributed by atoms with Crippen LogP contribution in [0.5, 0.6) is 11.5 Å². The molecule has 0 aromatic heterocycles. The number of halogens is 1. The van der Waals surface area contributed by atoms with Gasteiger partial charge in [0.15, 0.2) is 0 Å². The number of rotatable bonds is 5. The van der Waals surface area contributed by atoms with Gasteiger partial charge in [-0.25, -0.2) is 0 Å². The summed E-state index contributed by atoms with van der Waals surface area (Å²) in [5, 5.41) is 11.3. The molecular weight excluding hydrogens is 334 g/mol. The maximum absolute atomic E-state index is 10.9. The van der Waals surface area contributed by atoms with E-state index in [0.29, 0.717) is 22.6 Å². The number of nitro benzene ring substituents is 1. The third kappa shape index (κ3) is 3.61. The third-order valence-electron chi connectivity index (χ3n) is 3.16. The molecule has 110 valence electrons. The summed E-state index contributed by atoms with van der Waals surface area (Å²) in [6.45, 7) is 4.20. The lowest BCUT2D eigenvalue weighted by Gasteiger charge is -2.14. The average molecular weight is 350 g/mol. The summed E-state index contributed by atoms with van der Waals surface area (Å²) in [5.74, 6) is 1.72. The van der Waals surface area contributed by atoms with Crippen molar-refractivity contribution >= 4 is 21.6 Å². The molecule has 4 nitrogen and oxygen atoms in total. The van der Waals surface area contributed by atoms with Gasteiger partial charge in [0.2, 0.25) is 0 Å². The minimum atomic E-state index is -0.386. The molecule has 0 saturated carbocycles. The highest BCUT2D eigenvalue weighted by Crippen LogP contribution is 2.33. The van der Waals surface area contributed by atoms with Crippen LogP contribution in [0.2, 0.25) is 0 Å². The van der Waals surface area contributed by atoms with Crippen molar-refractivity contribution in [2.75, 3.05) is 0 Å². The summed E-state index contributed by atoms with van der Waals surface area (Å²) in [6, 6.07) is 12.6. The van der Waals surface area contributed by atoms with Crippen molar-refractivity contribution in [2.45, 2.75) is 25.1 Å². The SMILES string of the molecule is CC(C)c1ccccc1Oc1ccc([N+](=O)[O-])c(CBr)c1. The number of alkyl halides is 1. The Hall–Kier alpha value is -1.88. The Kier molecular flexibility index (Phi) is 4.96. The maximum atomic E-state index is 10.9. The molecule has 2 aromatic rings. The largest absolute Gasteiger partial charge is 0.457 e. The number of ether oxygens (including phenoxy) is 1.